The summed E-state index contributed by atoms with van der Waals surface area (Å²) >= 11 is 0. The normalized spacial score (nSPS) is 8.12. The minimum atomic E-state index is -0.0347. The molecule has 8 heavy (non-hydrogen) atoms. The van der Waals surface area contributed by atoms with E-state index in [4.69, 9.17) is 5.11 Å². The highest BCUT2D eigenvalue weighted by molar-refractivity contribution is 5.85. The zero-order chi connectivity index (χ0) is 5.11. The Bertz CT molecular complexity index is 129. The molecule has 0 fully saturated rings. The van der Waals surface area contributed by atoms with Gasteiger partial charge in [0.15, 0.2) is 0 Å². The molecule has 0 spiro atoms. The first kappa shape index (κ1) is 7.46. The van der Waals surface area contributed by atoms with Crippen molar-refractivity contribution >= 4 is 12.4 Å². The molecule has 1 heterocycles. The minimum Gasteiger partial charge on any atom is -0.374 e. The van der Waals surface area contributed by atoms with E-state index >= 15 is 0 Å². The van der Waals surface area contributed by atoms with Gasteiger partial charge in [-0.15, -0.1) is 12.4 Å². The third-order valence-corrected chi connectivity index (χ3v) is 0.704. The van der Waals surface area contributed by atoms with Crippen molar-refractivity contribution in [1.29, 1.82) is 0 Å². The van der Waals surface area contributed by atoms with Crippen LogP contribution in [0.4, 0.5) is 0 Å². The Kier molecular flexibility index (Phi) is 3.23. The van der Waals surface area contributed by atoms with Crippen LogP contribution >= 0.6 is 12.4 Å². The summed E-state index contributed by atoms with van der Waals surface area (Å²) in [5.74, 6) is 0. The first-order valence-electron chi connectivity index (χ1n) is 2.02. The Hall–Kier alpha value is -0.540. The van der Waals surface area contributed by atoms with E-state index in [1.807, 2.05) is 0 Å². The van der Waals surface area contributed by atoms with Crippen LogP contribution in [0.5, 0.6) is 0 Å². The molecule has 0 unspecified atom stereocenters. The number of nitrogens with zero attached hydrogens (tertiary/aromatic N) is 2. The summed E-state index contributed by atoms with van der Waals surface area (Å²) in [5, 5.41) is 12.0. The van der Waals surface area contributed by atoms with E-state index in [9.17, 15) is 0 Å². The lowest BCUT2D eigenvalue weighted by Crippen LogP contribution is -1.94. The number of hydrogen-bond donors (Lipinski definition) is 1. The second kappa shape index (κ2) is 3.46. The Labute approximate surface area is 53.4 Å². The summed E-state index contributed by atoms with van der Waals surface area (Å²) in [5.41, 5.74) is 0. The smallest absolute Gasteiger partial charge is 0.136 e. The summed E-state index contributed by atoms with van der Waals surface area (Å²) in [7, 11) is 0. The summed E-state index contributed by atoms with van der Waals surface area (Å²) in [6.45, 7) is -0.0347. The molecule has 1 aromatic rings. The van der Waals surface area contributed by atoms with Gasteiger partial charge in [0.25, 0.3) is 0 Å². The molecule has 0 atom stereocenters. The fraction of sp³-hybridized carbons (Fsp3) is 0.250. The van der Waals surface area contributed by atoms with Crippen molar-refractivity contribution in [2.75, 3.05) is 0 Å². The van der Waals surface area contributed by atoms with Crippen LogP contribution in [0.1, 0.15) is 0 Å². The maximum atomic E-state index is 8.33. The summed E-state index contributed by atoms with van der Waals surface area (Å²) in [6.07, 6.45) is 3.32. The van der Waals surface area contributed by atoms with Crippen LogP contribution in [0.25, 0.3) is 0 Å². The van der Waals surface area contributed by atoms with Gasteiger partial charge >= 0.3 is 0 Å². The van der Waals surface area contributed by atoms with Gasteiger partial charge in [-0.3, -0.25) is 0 Å². The van der Waals surface area contributed by atoms with Crippen molar-refractivity contribution in [3.8, 4) is 0 Å². The molecular weight excluding hydrogens is 128 g/mol. The number of aliphatic hydroxyl groups excluding tert-OH is 1. The molecule has 0 amide bonds. The first-order valence-corrected chi connectivity index (χ1v) is 2.02. The first-order chi connectivity index (χ1) is 3.43. The monoisotopic (exact) mass is 134 g/mol. The van der Waals surface area contributed by atoms with E-state index in [0.29, 0.717) is 0 Å². The number of rotatable bonds is 1. The molecule has 46 valence electrons. The van der Waals surface area contributed by atoms with Gasteiger partial charge < -0.3 is 5.11 Å². The zero-order valence-corrected chi connectivity index (χ0v) is 5.01. The maximum absolute atomic E-state index is 8.33. The average Bonchev–Trinajstić information content (AvgIpc) is 2.14. The highest BCUT2D eigenvalue weighted by Gasteiger charge is 1.78. The number of aromatic nitrogens is 2. The van der Waals surface area contributed by atoms with Crippen molar-refractivity contribution in [3.63, 3.8) is 0 Å². The van der Waals surface area contributed by atoms with Crippen LogP contribution in [-0.4, -0.2) is 14.9 Å². The lowest BCUT2D eigenvalue weighted by Gasteiger charge is -1.87. The van der Waals surface area contributed by atoms with Crippen LogP contribution in [0.2, 0.25) is 0 Å². The average molecular weight is 135 g/mol. The Morgan fingerprint density at radius 3 is 2.62 bits per heavy atom. The minimum absolute atomic E-state index is 0. The molecule has 1 aromatic heterocycles. The summed E-state index contributed by atoms with van der Waals surface area (Å²) in [4.78, 5) is 0. The molecule has 0 aliphatic carbocycles. The van der Waals surface area contributed by atoms with Crippen molar-refractivity contribution in [3.05, 3.63) is 18.5 Å². The Morgan fingerprint density at radius 2 is 2.38 bits per heavy atom. The summed E-state index contributed by atoms with van der Waals surface area (Å²) in [6, 6.07) is 1.76. The van der Waals surface area contributed by atoms with Crippen LogP contribution in [0.15, 0.2) is 18.5 Å². The van der Waals surface area contributed by atoms with Crippen molar-refractivity contribution in [2.24, 2.45) is 0 Å². The van der Waals surface area contributed by atoms with E-state index in [1.54, 1.807) is 18.5 Å². The quantitative estimate of drug-likeness (QED) is 0.598. The maximum Gasteiger partial charge on any atom is 0.136 e. The summed E-state index contributed by atoms with van der Waals surface area (Å²) < 4.78 is 1.43. The Balaban J connectivity index is 0.000000490. The predicted octanol–water partition coefficient (Wildman–Crippen LogP) is 0.255. The highest BCUT2D eigenvalue weighted by atomic mass is 35.5. The molecule has 0 aromatic carbocycles. The fourth-order valence-electron chi connectivity index (χ4n) is 0.384. The van der Waals surface area contributed by atoms with E-state index in [2.05, 4.69) is 5.10 Å². The van der Waals surface area contributed by atoms with Crippen LogP contribution in [-0.2, 0) is 6.73 Å². The van der Waals surface area contributed by atoms with Gasteiger partial charge in [0.2, 0.25) is 0 Å². The van der Waals surface area contributed by atoms with Crippen LogP contribution in [0, 0.1) is 0 Å². The van der Waals surface area contributed by atoms with E-state index < -0.39 is 0 Å². The third kappa shape index (κ3) is 1.52. The molecule has 1 N–H and O–H groups in total. The molecular formula is C4H7ClN2O. The largest absolute Gasteiger partial charge is 0.374 e. The second-order valence-corrected chi connectivity index (χ2v) is 1.19. The van der Waals surface area contributed by atoms with Gasteiger partial charge in [-0.2, -0.15) is 5.10 Å². The molecule has 0 radical (unpaired) electrons. The van der Waals surface area contributed by atoms with Crippen LogP contribution in [0.3, 0.4) is 0 Å². The predicted molar refractivity (Wildman–Crippen MR) is 31.7 cm³/mol. The van der Waals surface area contributed by atoms with Gasteiger partial charge in [0.1, 0.15) is 6.73 Å². The molecule has 0 aliphatic rings. The van der Waals surface area contributed by atoms with E-state index in [-0.39, 0.29) is 19.1 Å². The SMILES string of the molecule is Cl.OCn1cccn1. The lowest BCUT2D eigenvalue weighted by molar-refractivity contribution is 0.195. The van der Waals surface area contributed by atoms with Gasteiger partial charge in [-0.1, -0.05) is 0 Å². The topological polar surface area (TPSA) is 38.0 Å². The molecule has 0 saturated carbocycles. The molecule has 0 bridgehead atoms. The number of aliphatic hydroxyl groups is 1. The van der Waals surface area contributed by atoms with E-state index in [1.165, 1.54) is 4.68 Å². The van der Waals surface area contributed by atoms with Gasteiger partial charge in [0, 0.05) is 12.4 Å². The van der Waals surface area contributed by atoms with Crippen molar-refractivity contribution in [1.82, 2.24) is 9.78 Å². The third-order valence-electron chi connectivity index (χ3n) is 0.704. The molecule has 3 nitrogen and oxygen atoms in total. The fourth-order valence-corrected chi connectivity index (χ4v) is 0.384. The Morgan fingerprint density at radius 1 is 1.62 bits per heavy atom. The molecule has 0 aliphatic heterocycles. The van der Waals surface area contributed by atoms with Gasteiger partial charge in [-0.25, -0.2) is 4.68 Å². The van der Waals surface area contributed by atoms with E-state index in [0.717, 1.165) is 0 Å². The lowest BCUT2D eigenvalue weighted by atomic mass is 10.8. The zero-order valence-electron chi connectivity index (χ0n) is 4.19. The van der Waals surface area contributed by atoms with Crippen molar-refractivity contribution in [2.45, 2.75) is 6.73 Å². The second-order valence-electron chi connectivity index (χ2n) is 1.19. The standard InChI is InChI=1S/C4H6N2O.ClH/c7-4-6-3-1-2-5-6;/h1-3,7H,4H2;1H. The molecule has 0 saturated heterocycles. The number of hydrogen-bond acceptors (Lipinski definition) is 2. The van der Waals surface area contributed by atoms with Gasteiger partial charge in [0.05, 0.1) is 0 Å². The molecule has 1 rings (SSSR count). The molecule has 4 heteroatoms. The van der Waals surface area contributed by atoms with Gasteiger partial charge in [-0.05, 0) is 6.07 Å². The number of halogens is 1. The van der Waals surface area contributed by atoms with Crippen molar-refractivity contribution < 1.29 is 5.11 Å². The highest BCUT2D eigenvalue weighted by Crippen LogP contribution is 1.78. The van der Waals surface area contributed by atoms with Crippen LogP contribution < -0.4 is 0 Å².